The van der Waals surface area contributed by atoms with Crippen molar-refractivity contribution in [2.75, 3.05) is 18.6 Å². The lowest BCUT2D eigenvalue weighted by molar-refractivity contribution is -0.138. The SMILES string of the molecule is CCOc1cc([C@]2(c3nncn3C)C[C@H](OC)C2)cc(N2Cc3c(cc(CNC4(C)CCC4)cc3C(F)(F)F)C2=O)n1. The number of hydrogen-bond acceptors (Lipinski definition) is 7. The summed E-state index contributed by atoms with van der Waals surface area (Å²) in [5.74, 6) is 0.721. The van der Waals surface area contributed by atoms with Crippen molar-refractivity contribution >= 4 is 11.7 Å². The van der Waals surface area contributed by atoms with E-state index in [4.69, 9.17) is 9.47 Å². The average molecular weight is 585 g/mol. The van der Waals surface area contributed by atoms with E-state index in [9.17, 15) is 18.0 Å². The Bertz CT molecular complexity index is 1510. The molecule has 1 aliphatic heterocycles. The molecule has 1 aromatic carbocycles. The van der Waals surface area contributed by atoms with Crippen molar-refractivity contribution in [3.05, 3.63) is 64.2 Å². The predicted molar refractivity (Wildman–Crippen MR) is 148 cm³/mol. The normalized spacial score (nSPS) is 23.0. The van der Waals surface area contributed by atoms with Gasteiger partial charge >= 0.3 is 6.18 Å². The Balaban J connectivity index is 1.39. The van der Waals surface area contributed by atoms with E-state index in [1.807, 2.05) is 24.6 Å². The maximum Gasteiger partial charge on any atom is 0.416 e. The van der Waals surface area contributed by atoms with Crippen LogP contribution in [-0.2, 0) is 36.5 Å². The van der Waals surface area contributed by atoms with Crippen molar-refractivity contribution < 1.29 is 27.4 Å². The number of nitrogens with one attached hydrogen (secondary N) is 1. The second kappa shape index (κ2) is 10.3. The van der Waals surface area contributed by atoms with E-state index < -0.39 is 23.1 Å². The summed E-state index contributed by atoms with van der Waals surface area (Å²) in [5.41, 5.74) is -0.223. The zero-order chi connectivity index (χ0) is 29.9. The van der Waals surface area contributed by atoms with E-state index >= 15 is 0 Å². The summed E-state index contributed by atoms with van der Waals surface area (Å²) in [4.78, 5) is 19.7. The van der Waals surface area contributed by atoms with Crippen LogP contribution in [0, 0.1) is 0 Å². The first-order valence-corrected chi connectivity index (χ1v) is 14.3. The number of hydrogen-bond donors (Lipinski definition) is 1. The van der Waals surface area contributed by atoms with Gasteiger partial charge in [0, 0.05) is 37.9 Å². The number of ether oxygens (including phenoxy) is 2. The minimum atomic E-state index is -4.61. The lowest BCUT2D eigenvalue weighted by atomic mass is 9.62. The maximum atomic E-state index is 14.3. The molecule has 0 radical (unpaired) electrons. The van der Waals surface area contributed by atoms with Gasteiger partial charge in [0.15, 0.2) is 0 Å². The fourth-order valence-corrected chi connectivity index (χ4v) is 6.48. The number of pyridine rings is 1. The number of fused-ring (bicyclic) bond motifs is 1. The smallest absolute Gasteiger partial charge is 0.416 e. The number of aromatic nitrogens is 4. The predicted octanol–water partition coefficient (Wildman–Crippen LogP) is 4.92. The topological polar surface area (TPSA) is 94.4 Å². The van der Waals surface area contributed by atoms with Gasteiger partial charge in [-0.3, -0.25) is 9.69 Å². The van der Waals surface area contributed by atoms with Gasteiger partial charge in [0.25, 0.3) is 5.91 Å². The van der Waals surface area contributed by atoms with Crippen LogP contribution in [0.25, 0.3) is 0 Å². The van der Waals surface area contributed by atoms with Crippen LogP contribution in [0.2, 0.25) is 0 Å². The van der Waals surface area contributed by atoms with E-state index in [0.29, 0.717) is 25.0 Å². The molecule has 9 nitrogen and oxygen atoms in total. The van der Waals surface area contributed by atoms with E-state index in [2.05, 4.69) is 27.4 Å². The number of alkyl halides is 3. The summed E-state index contributed by atoms with van der Waals surface area (Å²) in [6.45, 7) is 4.23. The van der Waals surface area contributed by atoms with E-state index in [1.54, 1.807) is 25.6 Å². The van der Waals surface area contributed by atoms with Crippen LogP contribution in [0.4, 0.5) is 19.0 Å². The number of benzene rings is 1. The monoisotopic (exact) mass is 584 g/mol. The number of rotatable bonds is 9. The number of halogens is 3. The summed E-state index contributed by atoms with van der Waals surface area (Å²) in [5, 5.41) is 11.8. The molecule has 3 aromatic rings. The van der Waals surface area contributed by atoms with Crippen LogP contribution in [0.15, 0.2) is 30.6 Å². The second-order valence-corrected chi connectivity index (χ2v) is 11.9. The van der Waals surface area contributed by atoms with Crippen LogP contribution in [0.3, 0.4) is 0 Å². The number of amides is 1. The number of anilines is 1. The molecular formula is C30H35F3N6O3. The van der Waals surface area contributed by atoms with Crippen LogP contribution in [0.5, 0.6) is 5.88 Å². The maximum absolute atomic E-state index is 14.3. The highest BCUT2D eigenvalue weighted by atomic mass is 19.4. The molecule has 0 saturated heterocycles. The van der Waals surface area contributed by atoms with Gasteiger partial charge in [0.1, 0.15) is 18.0 Å². The Morgan fingerprint density at radius 3 is 2.52 bits per heavy atom. The number of methoxy groups -OCH3 is 1. The zero-order valence-electron chi connectivity index (χ0n) is 24.2. The number of aryl methyl sites for hydroxylation is 1. The lowest BCUT2D eigenvalue weighted by Crippen LogP contribution is -2.48. The highest BCUT2D eigenvalue weighted by molar-refractivity contribution is 6.10. The molecule has 0 bridgehead atoms. The van der Waals surface area contributed by atoms with Crippen LogP contribution in [0.1, 0.15) is 84.4 Å². The molecule has 6 rings (SSSR count). The molecule has 2 aromatic heterocycles. The Hall–Kier alpha value is -3.51. The Morgan fingerprint density at radius 1 is 1.17 bits per heavy atom. The molecule has 42 heavy (non-hydrogen) atoms. The fourth-order valence-electron chi connectivity index (χ4n) is 6.48. The van der Waals surface area contributed by atoms with Gasteiger partial charge < -0.3 is 19.4 Å². The van der Waals surface area contributed by atoms with Crippen molar-refractivity contribution in [3.63, 3.8) is 0 Å². The van der Waals surface area contributed by atoms with Gasteiger partial charge in [-0.2, -0.15) is 18.2 Å². The molecule has 1 amide bonds. The van der Waals surface area contributed by atoms with E-state index in [0.717, 1.165) is 30.7 Å². The highest BCUT2D eigenvalue weighted by Gasteiger charge is 2.51. The van der Waals surface area contributed by atoms with Gasteiger partial charge in [-0.15, -0.1) is 10.2 Å². The fraction of sp³-hybridized carbons (Fsp3) is 0.533. The van der Waals surface area contributed by atoms with Gasteiger partial charge in [-0.1, -0.05) is 0 Å². The molecular weight excluding hydrogens is 549 g/mol. The molecule has 2 aliphatic carbocycles. The first-order valence-electron chi connectivity index (χ1n) is 14.3. The van der Waals surface area contributed by atoms with Crippen molar-refractivity contribution in [1.29, 1.82) is 0 Å². The third-order valence-electron chi connectivity index (χ3n) is 9.12. The van der Waals surface area contributed by atoms with Gasteiger partial charge in [0.05, 0.1) is 30.2 Å². The van der Waals surface area contributed by atoms with Gasteiger partial charge in [-0.05, 0) is 80.8 Å². The van der Waals surface area contributed by atoms with Crippen LogP contribution in [-0.4, -0.2) is 51.0 Å². The Kier molecular flexibility index (Phi) is 7.04. The van der Waals surface area contributed by atoms with E-state index in [1.165, 1.54) is 11.0 Å². The Labute approximate surface area is 242 Å². The van der Waals surface area contributed by atoms with Crippen LogP contribution < -0.4 is 15.0 Å². The largest absolute Gasteiger partial charge is 0.478 e. The molecule has 0 atom stereocenters. The molecule has 3 heterocycles. The average Bonchev–Trinajstić information content (AvgIpc) is 3.48. The molecule has 0 unspecified atom stereocenters. The van der Waals surface area contributed by atoms with E-state index in [-0.39, 0.29) is 47.6 Å². The molecule has 2 saturated carbocycles. The lowest BCUT2D eigenvalue weighted by Gasteiger charge is -2.46. The summed E-state index contributed by atoms with van der Waals surface area (Å²) in [6, 6.07) is 6.33. The highest BCUT2D eigenvalue weighted by Crippen LogP contribution is 2.51. The van der Waals surface area contributed by atoms with Gasteiger partial charge in [0.2, 0.25) is 5.88 Å². The minimum absolute atomic E-state index is 0.00454. The summed E-state index contributed by atoms with van der Waals surface area (Å²) in [7, 11) is 3.52. The quantitative estimate of drug-likeness (QED) is 0.382. The summed E-state index contributed by atoms with van der Waals surface area (Å²) in [6.07, 6.45) is 1.28. The molecule has 0 spiro atoms. The number of nitrogens with zero attached hydrogens (tertiary/aromatic N) is 5. The van der Waals surface area contributed by atoms with Crippen molar-refractivity contribution in [2.45, 2.75) is 82.3 Å². The third-order valence-corrected chi connectivity index (χ3v) is 9.12. The Morgan fingerprint density at radius 2 is 1.93 bits per heavy atom. The second-order valence-electron chi connectivity index (χ2n) is 11.9. The van der Waals surface area contributed by atoms with Crippen molar-refractivity contribution in [2.24, 2.45) is 7.05 Å². The molecule has 12 heteroatoms. The summed E-state index contributed by atoms with van der Waals surface area (Å²) < 4.78 is 56.2. The summed E-state index contributed by atoms with van der Waals surface area (Å²) >= 11 is 0. The van der Waals surface area contributed by atoms with Gasteiger partial charge in [-0.25, -0.2) is 0 Å². The first kappa shape index (κ1) is 28.6. The molecule has 2 fully saturated rings. The van der Waals surface area contributed by atoms with Crippen molar-refractivity contribution in [1.82, 2.24) is 25.1 Å². The third kappa shape index (κ3) is 4.84. The van der Waals surface area contributed by atoms with Crippen LogP contribution >= 0.6 is 0 Å². The first-order chi connectivity index (χ1) is 20.0. The standard InChI is InChI=1S/C30H35F3N6O3/c1-5-42-25-12-19(29(13-20(14-29)41-4)27-37-35-17-38(27)3)11-24(36-25)39-16-22-21(26(39)40)9-18(10-23(22)30(31,32)33)15-34-28(2)7-6-8-28/h9-12,17,20,34H,5-8,13-16H2,1-4H3/t20-,29-. The molecule has 1 N–H and O–H groups in total. The molecule has 3 aliphatic rings. The number of carbonyl (C=O) groups is 1. The zero-order valence-corrected chi connectivity index (χ0v) is 24.2. The minimum Gasteiger partial charge on any atom is -0.478 e. The number of carbonyl (C=O) groups excluding carboxylic acids is 1. The van der Waals surface area contributed by atoms with Crippen molar-refractivity contribution in [3.8, 4) is 5.88 Å². The molecule has 224 valence electrons.